The second-order valence-electron chi connectivity index (χ2n) is 7.85. The van der Waals surface area contributed by atoms with Crippen molar-refractivity contribution in [3.8, 4) is 28.1 Å². The van der Waals surface area contributed by atoms with Crippen molar-refractivity contribution >= 4 is 28.4 Å². The summed E-state index contributed by atoms with van der Waals surface area (Å²) in [6.45, 7) is 0. The number of hydrogen-bond acceptors (Lipinski definition) is 4. The van der Waals surface area contributed by atoms with Gasteiger partial charge in [-0.3, -0.25) is 9.48 Å². The van der Waals surface area contributed by atoms with Crippen LogP contribution in [0.5, 0.6) is 0 Å². The minimum atomic E-state index is -4.69. The molecule has 5 rings (SSSR count). The van der Waals surface area contributed by atoms with Gasteiger partial charge >= 0.3 is 6.18 Å². The molecule has 0 radical (unpaired) electrons. The van der Waals surface area contributed by atoms with E-state index in [1.165, 1.54) is 24.5 Å². The molecule has 2 aromatic carbocycles. The number of pyridine rings is 1. The lowest BCUT2D eigenvalue weighted by Gasteiger charge is -2.15. The monoisotopic (exact) mass is 496 g/mol. The number of nitrogens with two attached hydrogens (primary N) is 1. The second kappa shape index (κ2) is 8.24. The molecule has 176 valence electrons. The molecule has 0 aliphatic carbocycles. The van der Waals surface area contributed by atoms with Crippen molar-refractivity contribution in [2.24, 2.45) is 12.8 Å². The first-order valence-electron chi connectivity index (χ1n) is 10.3. The van der Waals surface area contributed by atoms with Crippen LogP contribution in [0.25, 0.3) is 39.0 Å². The third kappa shape index (κ3) is 4.12. The lowest BCUT2D eigenvalue weighted by atomic mass is 9.98. The predicted molar refractivity (Wildman–Crippen MR) is 125 cm³/mol. The molecule has 7 nitrogen and oxygen atoms in total. The number of imidazole rings is 1. The quantitative estimate of drug-likeness (QED) is 0.367. The molecular weight excluding hydrogens is 481 g/mol. The number of amides is 1. The molecule has 0 unspecified atom stereocenters. The first-order valence-corrected chi connectivity index (χ1v) is 10.6. The maximum absolute atomic E-state index is 13.8. The zero-order chi connectivity index (χ0) is 24.9. The van der Waals surface area contributed by atoms with Crippen molar-refractivity contribution in [2.75, 3.05) is 0 Å². The molecule has 3 aromatic heterocycles. The van der Waals surface area contributed by atoms with E-state index in [2.05, 4.69) is 15.1 Å². The zero-order valence-electron chi connectivity index (χ0n) is 18.1. The van der Waals surface area contributed by atoms with E-state index in [0.29, 0.717) is 22.3 Å². The van der Waals surface area contributed by atoms with Crippen LogP contribution in [0.15, 0.2) is 67.4 Å². The van der Waals surface area contributed by atoms with Crippen LogP contribution in [0, 0.1) is 0 Å². The normalized spacial score (nSPS) is 11.8. The number of benzene rings is 2. The molecule has 3 heterocycles. The predicted octanol–water partition coefficient (Wildman–Crippen LogP) is 5.26. The maximum atomic E-state index is 13.8. The summed E-state index contributed by atoms with van der Waals surface area (Å²) in [4.78, 5) is 19.9. The van der Waals surface area contributed by atoms with Crippen LogP contribution in [-0.2, 0) is 13.2 Å². The summed E-state index contributed by atoms with van der Waals surface area (Å²) in [5.41, 5.74) is 6.88. The fourth-order valence-electron chi connectivity index (χ4n) is 3.87. The Morgan fingerprint density at radius 3 is 2.54 bits per heavy atom. The topological polar surface area (TPSA) is 91.6 Å². The Labute approximate surface area is 201 Å². The molecule has 0 atom stereocenters. The Morgan fingerprint density at radius 2 is 1.89 bits per heavy atom. The minimum absolute atomic E-state index is 0.0420. The van der Waals surface area contributed by atoms with Gasteiger partial charge in [-0.25, -0.2) is 9.97 Å². The molecule has 1 amide bonds. The standard InChI is InChI=1S/C24H16ClF3N6O/c1-33-10-14(9-31-33)19-11-34(12-30-19)20-4-2-3-15-17(8-21(24(26,27)28)32-22(15)20)13-5-6-16(23(29)35)18(25)7-13/h2-12H,1H3,(H2,29,35). The lowest BCUT2D eigenvalue weighted by molar-refractivity contribution is -0.140. The molecule has 0 saturated carbocycles. The fraction of sp³-hybridized carbons (Fsp3) is 0.0833. The largest absolute Gasteiger partial charge is 0.433 e. The number of nitrogens with zero attached hydrogens (tertiary/aromatic N) is 5. The van der Waals surface area contributed by atoms with Crippen molar-refractivity contribution in [1.29, 1.82) is 0 Å². The van der Waals surface area contributed by atoms with Crippen molar-refractivity contribution in [3.63, 3.8) is 0 Å². The van der Waals surface area contributed by atoms with Crippen LogP contribution >= 0.6 is 11.6 Å². The molecule has 0 aliphatic heterocycles. The summed E-state index contributed by atoms with van der Waals surface area (Å²) in [5, 5.41) is 4.63. The van der Waals surface area contributed by atoms with Gasteiger partial charge < -0.3 is 10.3 Å². The summed E-state index contributed by atoms with van der Waals surface area (Å²) in [6, 6.07) is 10.3. The van der Waals surface area contributed by atoms with Crippen LogP contribution in [0.3, 0.4) is 0 Å². The highest BCUT2D eigenvalue weighted by atomic mass is 35.5. The van der Waals surface area contributed by atoms with Crippen LogP contribution in [0.4, 0.5) is 13.2 Å². The van der Waals surface area contributed by atoms with Crippen LogP contribution in [0.2, 0.25) is 5.02 Å². The number of fused-ring (bicyclic) bond motifs is 1. The van der Waals surface area contributed by atoms with Gasteiger partial charge in [0.05, 0.1) is 40.0 Å². The van der Waals surface area contributed by atoms with E-state index in [1.54, 1.807) is 53.1 Å². The van der Waals surface area contributed by atoms with Gasteiger partial charge in [0.1, 0.15) is 5.69 Å². The van der Waals surface area contributed by atoms with E-state index in [9.17, 15) is 18.0 Å². The van der Waals surface area contributed by atoms with E-state index in [0.717, 1.165) is 11.6 Å². The SMILES string of the molecule is Cn1cc(-c2cn(-c3cccc4c(-c5ccc(C(N)=O)c(Cl)c5)cc(C(F)(F)F)nc34)cn2)cn1. The van der Waals surface area contributed by atoms with Gasteiger partial charge in [0.25, 0.3) is 0 Å². The Balaban J connectivity index is 1.73. The Morgan fingerprint density at radius 1 is 1.09 bits per heavy atom. The van der Waals surface area contributed by atoms with E-state index >= 15 is 0 Å². The van der Waals surface area contributed by atoms with Crippen molar-refractivity contribution in [3.05, 3.63) is 83.7 Å². The first-order chi connectivity index (χ1) is 16.6. The molecule has 35 heavy (non-hydrogen) atoms. The summed E-state index contributed by atoms with van der Waals surface area (Å²) >= 11 is 6.19. The molecule has 5 aromatic rings. The number of halogens is 4. The Bertz CT molecular complexity index is 1600. The molecule has 0 spiro atoms. The molecule has 0 fully saturated rings. The second-order valence-corrected chi connectivity index (χ2v) is 8.26. The number of alkyl halides is 3. The van der Waals surface area contributed by atoms with Gasteiger partial charge in [-0.15, -0.1) is 0 Å². The van der Waals surface area contributed by atoms with Crippen molar-refractivity contribution < 1.29 is 18.0 Å². The summed E-state index contributed by atoms with van der Waals surface area (Å²) in [7, 11) is 1.78. The molecule has 2 N–H and O–H groups in total. The Kier molecular flexibility index (Phi) is 5.32. The molecular formula is C24H16ClF3N6O. The van der Waals surface area contributed by atoms with Crippen LogP contribution in [0.1, 0.15) is 16.1 Å². The number of para-hydroxylation sites is 1. The van der Waals surface area contributed by atoms with Gasteiger partial charge in [-0.2, -0.15) is 18.3 Å². The van der Waals surface area contributed by atoms with Gasteiger partial charge in [0.15, 0.2) is 0 Å². The Hall–Kier alpha value is -4.18. The highest BCUT2D eigenvalue weighted by Crippen LogP contribution is 2.38. The highest BCUT2D eigenvalue weighted by molar-refractivity contribution is 6.34. The summed E-state index contributed by atoms with van der Waals surface area (Å²) in [6.07, 6.45) is 1.95. The summed E-state index contributed by atoms with van der Waals surface area (Å²) < 4.78 is 44.8. The minimum Gasteiger partial charge on any atom is -0.366 e. The number of primary amides is 1. The smallest absolute Gasteiger partial charge is 0.366 e. The number of aryl methyl sites for hydroxylation is 1. The zero-order valence-corrected chi connectivity index (χ0v) is 18.8. The molecule has 0 bridgehead atoms. The highest BCUT2D eigenvalue weighted by Gasteiger charge is 2.34. The fourth-order valence-corrected chi connectivity index (χ4v) is 4.14. The first kappa shape index (κ1) is 22.6. The van der Waals surface area contributed by atoms with E-state index in [1.807, 2.05) is 0 Å². The van der Waals surface area contributed by atoms with E-state index < -0.39 is 17.8 Å². The van der Waals surface area contributed by atoms with Crippen LogP contribution < -0.4 is 5.73 Å². The number of rotatable bonds is 4. The third-order valence-corrected chi connectivity index (χ3v) is 5.83. The van der Waals surface area contributed by atoms with E-state index in [4.69, 9.17) is 17.3 Å². The van der Waals surface area contributed by atoms with Crippen molar-refractivity contribution in [1.82, 2.24) is 24.3 Å². The number of carbonyl (C=O) groups is 1. The van der Waals surface area contributed by atoms with Gasteiger partial charge in [-0.05, 0) is 35.4 Å². The molecule has 0 aliphatic rings. The van der Waals surface area contributed by atoms with Gasteiger partial charge in [0, 0.05) is 30.4 Å². The number of hydrogen-bond donors (Lipinski definition) is 1. The third-order valence-electron chi connectivity index (χ3n) is 5.52. The van der Waals surface area contributed by atoms with Crippen LogP contribution in [-0.4, -0.2) is 30.2 Å². The average molecular weight is 497 g/mol. The average Bonchev–Trinajstić information content (AvgIpc) is 3.46. The van der Waals surface area contributed by atoms with E-state index in [-0.39, 0.29) is 21.7 Å². The molecule has 11 heteroatoms. The lowest BCUT2D eigenvalue weighted by Crippen LogP contribution is -2.11. The number of aromatic nitrogens is 5. The summed E-state index contributed by atoms with van der Waals surface area (Å²) in [5.74, 6) is -0.732. The van der Waals surface area contributed by atoms with Gasteiger partial charge in [0.2, 0.25) is 5.91 Å². The molecule has 0 saturated heterocycles. The maximum Gasteiger partial charge on any atom is 0.433 e. The number of carbonyl (C=O) groups excluding carboxylic acids is 1. The van der Waals surface area contributed by atoms with Crippen molar-refractivity contribution in [2.45, 2.75) is 6.18 Å². The van der Waals surface area contributed by atoms with Gasteiger partial charge in [-0.1, -0.05) is 29.8 Å².